The highest BCUT2D eigenvalue weighted by atomic mass is 16.6. The van der Waals surface area contributed by atoms with E-state index in [4.69, 9.17) is 10.5 Å². The molecule has 160 valence electrons. The van der Waals surface area contributed by atoms with Crippen molar-refractivity contribution in [1.82, 2.24) is 0 Å². The molecular weight excluding hydrogens is 388 g/mol. The summed E-state index contributed by atoms with van der Waals surface area (Å²) < 4.78 is 5.35. The molecule has 0 aromatic heterocycles. The highest BCUT2D eigenvalue weighted by molar-refractivity contribution is 5.94. The van der Waals surface area contributed by atoms with Crippen LogP contribution in [0.3, 0.4) is 0 Å². The van der Waals surface area contributed by atoms with Crippen LogP contribution < -0.4 is 10.5 Å². The van der Waals surface area contributed by atoms with Crippen molar-refractivity contribution in [1.29, 1.82) is 0 Å². The lowest BCUT2D eigenvalue weighted by molar-refractivity contribution is -0.384. The number of phenols is 1. The smallest absolute Gasteiger partial charge is 0.347 e. The Bertz CT molecular complexity index is 968. The molecule has 2 aromatic rings. The number of ether oxygens (including phenoxy) is 1. The van der Waals surface area contributed by atoms with Gasteiger partial charge in [0.15, 0.2) is 0 Å². The summed E-state index contributed by atoms with van der Waals surface area (Å²) in [5.41, 5.74) is 4.53. The Morgan fingerprint density at radius 1 is 1.27 bits per heavy atom. The first-order chi connectivity index (χ1) is 14.0. The number of esters is 1. The van der Waals surface area contributed by atoms with Crippen LogP contribution in [0.15, 0.2) is 42.5 Å². The van der Waals surface area contributed by atoms with Gasteiger partial charge in [0.05, 0.1) is 10.5 Å². The quantitative estimate of drug-likeness (QED) is 0.294. The highest BCUT2D eigenvalue weighted by Crippen LogP contribution is 2.46. The Balaban J connectivity index is 1.90. The summed E-state index contributed by atoms with van der Waals surface area (Å²) in [6, 6.07) is 9.69. The summed E-state index contributed by atoms with van der Waals surface area (Å²) in [7, 11) is 0. The Morgan fingerprint density at radius 3 is 2.67 bits per heavy atom. The molecule has 1 aliphatic rings. The van der Waals surface area contributed by atoms with E-state index in [1.54, 1.807) is 24.3 Å². The second-order valence-electron chi connectivity index (χ2n) is 8.42. The van der Waals surface area contributed by atoms with E-state index in [1.165, 1.54) is 0 Å². The Hall–Kier alpha value is -2.97. The zero-order valence-electron chi connectivity index (χ0n) is 17.0. The van der Waals surface area contributed by atoms with Gasteiger partial charge in [-0.05, 0) is 50.5 Å². The molecule has 0 aliphatic heterocycles. The van der Waals surface area contributed by atoms with Crippen molar-refractivity contribution in [3.05, 3.63) is 63.7 Å². The van der Waals surface area contributed by atoms with Gasteiger partial charge in [0.2, 0.25) is 0 Å². The molecular formula is C22H26N2O6. The minimum atomic E-state index is -1.16. The third-order valence-corrected chi connectivity index (χ3v) is 5.73. The molecule has 3 rings (SSSR count). The van der Waals surface area contributed by atoms with Crippen molar-refractivity contribution in [2.75, 3.05) is 0 Å². The molecule has 0 amide bonds. The van der Waals surface area contributed by atoms with Crippen molar-refractivity contribution < 1.29 is 24.7 Å². The summed E-state index contributed by atoms with van der Waals surface area (Å²) in [6.45, 7) is 3.78. The van der Waals surface area contributed by atoms with Gasteiger partial charge in [0, 0.05) is 23.6 Å². The molecule has 2 atom stereocenters. The molecule has 2 aromatic carbocycles. The van der Waals surface area contributed by atoms with Crippen LogP contribution >= 0.6 is 0 Å². The number of carbonyl (C=O) groups is 1. The van der Waals surface area contributed by atoms with Gasteiger partial charge in [-0.3, -0.25) is 10.1 Å². The van der Waals surface area contributed by atoms with Gasteiger partial charge in [-0.1, -0.05) is 25.0 Å². The summed E-state index contributed by atoms with van der Waals surface area (Å²) in [5.74, 6) is -1.36. The van der Waals surface area contributed by atoms with Crippen LogP contribution in [0.1, 0.15) is 55.5 Å². The molecule has 0 radical (unpaired) electrons. The van der Waals surface area contributed by atoms with Crippen molar-refractivity contribution in [3.8, 4) is 11.5 Å². The van der Waals surface area contributed by atoms with Crippen molar-refractivity contribution >= 4 is 11.7 Å². The van der Waals surface area contributed by atoms with Crippen LogP contribution in [-0.4, -0.2) is 26.6 Å². The van der Waals surface area contributed by atoms with E-state index in [-0.39, 0.29) is 22.9 Å². The second-order valence-corrected chi connectivity index (χ2v) is 8.42. The van der Waals surface area contributed by atoms with Crippen molar-refractivity contribution in [2.24, 2.45) is 11.7 Å². The summed E-state index contributed by atoms with van der Waals surface area (Å²) >= 11 is 0. The van der Waals surface area contributed by atoms with E-state index in [0.717, 1.165) is 37.5 Å². The maximum Gasteiger partial charge on any atom is 0.347 e. The number of non-ortho nitro benzene ring substituents is 1. The van der Waals surface area contributed by atoms with Crippen LogP contribution in [0.5, 0.6) is 11.5 Å². The molecule has 1 fully saturated rings. The number of nitrogens with two attached hydrogens (primary N) is 1. The van der Waals surface area contributed by atoms with E-state index in [9.17, 15) is 25.1 Å². The number of phenolic OH excluding ortho intramolecular Hbond substituents is 1. The van der Waals surface area contributed by atoms with E-state index in [0.29, 0.717) is 12.0 Å². The van der Waals surface area contributed by atoms with Crippen LogP contribution in [0.4, 0.5) is 5.69 Å². The van der Waals surface area contributed by atoms with Crippen molar-refractivity contribution in [2.45, 2.75) is 50.7 Å². The molecule has 0 heterocycles. The number of hydrogen-bond donors (Lipinski definition) is 3. The summed E-state index contributed by atoms with van der Waals surface area (Å²) in [6.07, 6.45) is 3.16. The lowest BCUT2D eigenvalue weighted by Crippen LogP contribution is -2.53. The van der Waals surface area contributed by atoms with Gasteiger partial charge in [0.1, 0.15) is 17.1 Å². The SMILES string of the molecule is CC(C)(N)C1CCCCC1(O)c1cccc(OC(=O)c2cc([N+](=O)[O-])ccc2O)c1. The maximum atomic E-state index is 12.5. The van der Waals surface area contributed by atoms with E-state index in [2.05, 4.69) is 0 Å². The Labute approximate surface area is 174 Å². The van der Waals surface area contributed by atoms with E-state index >= 15 is 0 Å². The second kappa shape index (κ2) is 8.04. The number of aromatic hydroxyl groups is 1. The van der Waals surface area contributed by atoms with Gasteiger partial charge in [-0.15, -0.1) is 0 Å². The first-order valence-corrected chi connectivity index (χ1v) is 9.84. The van der Waals surface area contributed by atoms with Gasteiger partial charge >= 0.3 is 5.97 Å². The predicted octanol–water partition coefficient (Wildman–Crippen LogP) is 3.63. The number of nitrogens with zero attached hydrogens (tertiary/aromatic N) is 1. The number of nitro benzene ring substituents is 1. The van der Waals surface area contributed by atoms with E-state index in [1.807, 2.05) is 13.8 Å². The lowest BCUT2D eigenvalue weighted by atomic mass is 9.64. The zero-order valence-corrected chi connectivity index (χ0v) is 17.0. The predicted molar refractivity (Wildman–Crippen MR) is 110 cm³/mol. The number of hydrogen-bond acceptors (Lipinski definition) is 7. The molecule has 0 bridgehead atoms. The highest BCUT2D eigenvalue weighted by Gasteiger charge is 2.46. The van der Waals surface area contributed by atoms with Gasteiger partial charge < -0.3 is 20.7 Å². The number of rotatable bonds is 5. The van der Waals surface area contributed by atoms with Gasteiger partial charge in [-0.25, -0.2) is 4.79 Å². The molecule has 8 heteroatoms. The fourth-order valence-corrected chi connectivity index (χ4v) is 4.28. The average Bonchev–Trinajstić information content (AvgIpc) is 2.67. The topological polar surface area (TPSA) is 136 Å². The standard InChI is InChI=1S/C22H26N2O6/c1-21(2,23)19-8-3-4-11-22(19,27)14-6-5-7-16(12-14)30-20(26)17-13-15(24(28)29)9-10-18(17)25/h5-7,9-10,12-13,19,25,27H,3-4,8,11,23H2,1-2H3. The molecule has 0 saturated heterocycles. The van der Waals surface area contributed by atoms with Gasteiger partial charge in [0.25, 0.3) is 5.69 Å². The molecule has 0 spiro atoms. The number of nitro groups is 1. The fourth-order valence-electron chi connectivity index (χ4n) is 4.28. The first kappa shape index (κ1) is 21.7. The Morgan fingerprint density at radius 2 is 2.00 bits per heavy atom. The lowest BCUT2D eigenvalue weighted by Gasteiger charge is -2.47. The van der Waals surface area contributed by atoms with Crippen molar-refractivity contribution in [3.63, 3.8) is 0 Å². The molecule has 4 N–H and O–H groups in total. The van der Waals surface area contributed by atoms with Gasteiger partial charge in [-0.2, -0.15) is 0 Å². The molecule has 30 heavy (non-hydrogen) atoms. The summed E-state index contributed by atoms with van der Waals surface area (Å²) in [5, 5.41) is 32.4. The first-order valence-electron chi connectivity index (χ1n) is 9.84. The maximum absolute atomic E-state index is 12.5. The minimum Gasteiger partial charge on any atom is -0.507 e. The minimum absolute atomic E-state index is 0.163. The third-order valence-electron chi connectivity index (χ3n) is 5.73. The van der Waals surface area contributed by atoms with Crippen LogP contribution in [0.2, 0.25) is 0 Å². The normalized spacial score (nSPS) is 21.8. The molecule has 1 saturated carbocycles. The third kappa shape index (κ3) is 4.29. The fraction of sp³-hybridized carbons (Fsp3) is 0.409. The average molecular weight is 414 g/mol. The molecule has 8 nitrogen and oxygen atoms in total. The molecule has 2 unspecified atom stereocenters. The monoisotopic (exact) mass is 414 g/mol. The van der Waals surface area contributed by atoms with Crippen LogP contribution in [-0.2, 0) is 5.60 Å². The Kier molecular flexibility index (Phi) is 5.83. The number of aliphatic hydroxyl groups is 1. The zero-order chi connectivity index (χ0) is 22.1. The molecule has 1 aliphatic carbocycles. The summed E-state index contributed by atoms with van der Waals surface area (Å²) in [4.78, 5) is 22.8. The van der Waals surface area contributed by atoms with E-state index < -0.39 is 27.8 Å². The number of carbonyl (C=O) groups excluding carboxylic acids is 1. The van der Waals surface area contributed by atoms with Crippen LogP contribution in [0, 0.1) is 16.0 Å². The largest absolute Gasteiger partial charge is 0.507 e. The van der Waals surface area contributed by atoms with Crippen LogP contribution in [0.25, 0.3) is 0 Å². The number of benzene rings is 2.